The number of carboxylic acid groups (broad SMARTS) is 1. The van der Waals surface area contributed by atoms with Gasteiger partial charge in [0.05, 0.1) is 6.10 Å². The topological polar surface area (TPSA) is 83.8 Å². The number of aliphatic hydroxyl groups excluding tert-OH is 1. The van der Waals surface area contributed by atoms with Gasteiger partial charge in [0.1, 0.15) is 6.10 Å². The summed E-state index contributed by atoms with van der Waals surface area (Å²) in [6.07, 6.45) is 35.3. The summed E-state index contributed by atoms with van der Waals surface area (Å²) in [5.41, 5.74) is 0. The number of carbonyl (C=O) groups is 2. The molecule has 2 N–H and O–H groups in total. The normalized spacial score (nSPS) is 13.2. The summed E-state index contributed by atoms with van der Waals surface area (Å²) in [5, 5.41) is 18.6. The minimum Gasteiger partial charge on any atom is -0.481 e. The van der Waals surface area contributed by atoms with Gasteiger partial charge in [0, 0.05) is 12.8 Å². The van der Waals surface area contributed by atoms with Gasteiger partial charge >= 0.3 is 11.9 Å². The van der Waals surface area contributed by atoms with Crippen LogP contribution in [0.25, 0.3) is 0 Å². The van der Waals surface area contributed by atoms with E-state index in [0.29, 0.717) is 6.42 Å². The van der Waals surface area contributed by atoms with Crippen molar-refractivity contribution in [3.63, 3.8) is 0 Å². The van der Waals surface area contributed by atoms with Crippen molar-refractivity contribution in [3.8, 4) is 0 Å². The Hall–Kier alpha value is -1.62. The standard InChI is InChI=1S/C36H66O5/c1-3-5-21-27-33(37)28-23-17-13-9-7-12-16-20-26-32-36(40)41-34(29-22-6-4-2)30-24-18-14-10-8-11-15-19-25-31-35(38)39/h13-14,17-18,33-34,37H,3-12,15-16,19-32H2,1-2H3,(H,38,39)/b17-13-,18-14-. The lowest BCUT2D eigenvalue weighted by Gasteiger charge is -2.17. The monoisotopic (exact) mass is 578 g/mol. The molecule has 0 heterocycles. The van der Waals surface area contributed by atoms with Crippen LogP contribution in [0, 0.1) is 0 Å². The van der Waals surface area contributed by atoms with Crippen LogP contribution in [-0.2, 0) is 14.3 Å². The molecule has 5 heteroatoms. The lowest BCUT2D eigenvalue weighted by Crippen LogP contribution is -2.18. The summed E-state index contributed by atoms with van der Waals surface area (Å²) in [7, 11) is 0. The van der Waals surface area contributed by atoms with Gasteiger partial charge in [0.2, 0.25) is 0 Å². The molecule has 0 spiro atoms. The molecule has 0 aliphatic rings. The van der Waals surface area contributed by atoms with Crippen molar-refractivity contribution in [3.05, 3.63) is 24.3 Å². The average molecular weight is 579 g/mol. The van der Waals surface area contributed by atoms with Crippen molar-refractivity contribution in [2.24, 2.45) is 0 Å². The molecule has 0 aliphatic heterocycles. The maximum absolute atomic E-state index is 12.5. The third kappa shape index (κ3) is 31.2. The zero-order chi connectivity index (χ0) is 30.2. The SMILES string of the molecule is CCCCCC(O)CC/C=C\CCCCCCCC(=O)OC(CC/C=C\CCCCCCCC(=O)O)CCCCC. The molecular formula is C36H66O5. The molecule has 41 heavy (non-hydrogen) atoms. The molecule has 0 saturated carbocycles. The highest BCUT2D eigenvalue weighted by atomic mass is 16.5. The fourth-order valence-electron chi connectivity index (χ4n) is 5.08. The molecule has 0 bridgehead atoms. The van der Waals surface area contributed by atoms with E-state index in [0.717, 1.165) is 109 Å². The molecule has 5 nitrogen and oxygen atoms in total. The van der Waals surface area contributed by atoms with Crippen LogP contribution in [0.1, 0.15) is 181 Å². The number of ether oxygens (including phenoxy) is 1. The number of carboxylic acids is 1. The summed E-state index contributed by atoms with van der Waals surface area (Å²) in [6.45, 7) is 4.40. The second kappa shape index (κ2) is 31.3. The fourth-order valence-corrected chi connectivity index (χ4v) is 5.08. The number of aliphatic hydroxyl groups is 1. The minimum absolute atomic E-state index is 0.0295. The average Bonchev–Trinajstić information content (AvgIpc) is 2.94. The van der Waals surface area contributed by atoms with E-state index < -0.39 is 5.97 Å². The van der Waals surface area contributed by atoms with Gasteiger partial charge in [0.25, 0.3) is 0 Å². The van der Waals surface area contributed by atoms with Crippen LogP contribution in [0.3, 0.4) is 0 Å². The van der Waals surface area contributed by atoms with Crippen molar-refractivity contribution in [1.82, 2.24) is 0 Å². The molecule has 0 aromatic rings. The molecule has 0 aliphatic carbocycles. The van der Waals surface area contributed by atoms with E-state index >= 15 is 0 Å². The summed E-state index contributed by atoms with van der Waals surface area (Å²) in [5.74, 6) is -0.725. The Balaban J connectivity index is 3.87. The Morgan fingerprint density at radius 3 is 1.63 bits per heavy atom. The van der Waals surface area contributed by atoms with E-state index in [-0.39, 0.29) is 24.6 Å². The van der Waals surface area contributed by atoms with Gasteiger partial charge in [-0.3, -0.25) is 9.59 Å². The largest absolute Gasteiger partial charge is 0.481 e. The Bertz CT molecular complexity index is 642. The first-order valence-corrected chi connectivity index (χ1v) is 17.4. The van der Waals surface area contributed by atoms with Crippen LogP contribution < -0.4 is 0 Å². The van der Waals surface area contributed by atoms with Crippen LogP contribution in [0.4, 0.5) is 0 Å². The van der Waals surface area contributed by atoms with E-state index in [1.54, 1.807) is 0 Å². The van der Waals surface area contributed by atoms with Crippen LogP contribution in [0.2, 0.25) is 0 Å². The zero-order valence-corrected chi connectivity index (χ0v) is 27.0. The van der Waals surface area contributed by atoms with Gasteiger partial charge in [-0.2, -0.15) is 0 Å². The van der Waals surface area contributed by atoms with Crippen LogP contribution in [0.5, 0.6) is 0 Å². The first-order chi connectivity index (χ1) is 20.0. The Labute approximate surface area is 253 Å². The quantitative estimate of drug-likeness (QED) is 0.0485. The van der Waals surface area contributed by atoms with Crippen LogP contribution in [-0.4, -0.2) is 34.4 Å². The lowest BCUT2D eigenvalue weighted by atomic mass is 10.0. The number of unbranched alkanes of at least 4 members (excludes halogenated alkanes) is 14. The van der Waals surface area contributed by atoms with Gasteiger partial charge < -0.3 is 14.9 Å². The molecule has 2 unspecified atom stereocenters. The zero-order valence-electron chi connectivity index (χ0n) is 27.0. The third-order valence-electron chi connectivity index (χ3n) is 7.74. The molecule has 0 radical (unpaired) electrons. The van der Waals surface area contributed by atoms with Crippen molar-refractivity contribution in [2.45, 2.75) is 193 Å². The van der Waals surface area contributed by atoms with E-state index in [2.05, 4.69) is 38.2 Å². The number of hydrogen-bond acceptors (Lipinski definition) is 4. The molecule has 0 aromatic carbocycles. The predicted octanol–water partition coefficient (Wildman–Crippen LogP) is 10.6. The number of aliphatic carboxylic acids is 1. The predicted molar refractivity (Wildman–Crippen MR) is 173 cm³/mol. The van der Waals surface area contributed by atoms with Crippen molar-refractivity contribution >= 4 is 11.9 Å². The van der Waals surface area contributed by atoms with Gasteiger partial charge in [0.15, 0.2) is 0 Å². The summed E-state index contributed by atoms with van der Waals surface area (Å²) >= 11 is 0. The van der Waals surface area contributed by atoms with E-state index in [1.165, 1.54) is 44.9 Å². The number of hydrogen-bond donors (Lipinski definition) is 2. The van der Waals surface area contributed by atoms with Gasteiger partial charge in [-0.25, -0.2) is 0 Å². The minimum atomic E-state index is -0.695. The number of rotatable bonds is 31. The fraction of sp³-hybridized carbons (Fsp3) is 0.833. The van der Waals surface area contributed by atoms with Crippen molar-refractivity contribution in [2.75, 3.05) is 0 Å². The molecule has 0 aromatic heterocycles. The van der Waals surface area contributed by atoms with E-state index in [4.69, 9.17) is 9.84 Å². The third-order valence-corrected chi connectivity index (χ3v) is 7.74. The Kier molecular flexibility index (Phi) is 30.1. The van der Waals surface area contributed by atoms with Crippen molar-refractivity contribution < 1.29 is 24.5 Å². The van der Waals surface area contributed by atoms with Gasteiger partial charge in [-0.05, 0) is 83.5 Å². The maximum atomic E-state index is 12.5. The molecule has 0 amide bonds. The van der Waals surface area contributed by atoms with Crippen LogP contribution >= 0.6 is 0 Å². The van der Waals surface area contributed by atoms with Gasteiger partial charge in [-0.1, -0.05) is 109 Å². The van der Waals surface area contributed by atoms with Gasteiger partial charge in [-0.15, -0.1) is 0 Å². The lowest BCUT2D eigenvalue weighted by molar-refractivity contribution is -0.150. The highest BCUT2D eigenvalue weighted by Crippen LogP contribution is 2.16. The Morgan fingerprint density at radius 2 is 1.05 bits per heavy atom. The van der Waals surface area contributed by atoms with E-state index in [9.17, 15) is 14.7 Å². The number of carbonyl (C=O) groups excluding carboxylic acids is 1. The first kappa shape index (κ1) is 39.4. The second-order valence-corrected chi connectivity index (χ2v) is 11.9. The van der Waals surface area contributed by atoms with E-state index in [1.807, 2.05) is 0 Å². The van der Waals surface area contributed by atoms with Crippen LogP contribution in [0.15, 0.2) is 24.3 Å². The molecule has 240 valence electrons. The second-order valence-electron chi connectivity index (χ2n) is 11.9. The molecule has 0 rings (SSSR count). The summed E-state index contributed by atoms with van der Waals surface area (Å²) < 4.78 is 5.88. The summed E-state index contributed by atoms with van der Waals surface area (Å²) in [4.78, 5) is 23.0. The number of esters is 1. The maximum Gasteiger partial charge on any atom is 0.306 e. The molecular weight excluding hydrogens is 512 g/mol. The van der Waals surface area contributed by atoms with Crippen molar-refractivity contribution in [1.29, 1.82) is 0 Å². The smallest absolute Gasteiger partial charge is 0.306 e. The highest BCUT2D eigenvalue weighted by Gasteiger charge is 2.13. The highest BCUT2D eigenvalue weighted by molar-refractivity contribution is 5.69. The Morgan fingerprint density at radius 1 is 0.561 bits per heavy atom. The molecule has 0 fully saturated rings. The number of allylic oxidation sites excluding steroid dienone is 4. The molecule has 2 atom stereocenters. The first-order valence-electron chi connectivity index (χ1n) is 17.4. The molecule has 0 saturated heterocycles. The summed E-state index contributed by atoms with van der Waals surface area (Å²) in [6, 6.07) is 0.